The SMILES string of the molecule is N#Cc1cc(NC(=S)NC(=O)c2ccc(Cl)cc2)n(-c2c(Cl)cc(C(F)(F)F)cc2Cl)n1. The summed E-state index contributed by atoms with van der Waals surface area (Å²) in [7, 11) is 0. The van der Waals surface area contributed by atoms with E-state index in [2.05, 4.69) is 15.7 Å². The summed E-state index contributed by atoms with van der Waals surface area (Å²) in [6.07, 6.45) is -4.66. The number of benzene rings is 2. The molecule has 2 N–H and O–H groups in total. The topological polar surface area (TPSA) is 82.7 Å². The highest BCUT2D eigenvalue weighted by molar-refractivity contribution is 7.80. The first kappa shape index (κ1) is 23.8. The van der Waals surface area contributed by atoms with Crippen molar-refractivity contribution in [2.45, 2.75) is 6.18 Å². The summed E-state index contributed by atoms with van der Waals surface area (Å²) >= 11 is 23.0. The molecule has 1 heterocycles. The van der Waals surface area contributed by atoms with Gasteiger partial charge in [0.1, 0.15) is 17.6 Å². The molecule has 164 valence electrons. The minimum Gasteiger partial charge on any atom is -0.317 e. The number of rotatable bonds is 3. The number of aromatic nitrogens is 2. The van der Waals surface area contributed by atoms with Crippen molar-refractivity contribution in [3.63, 3.8) is 0 Å². The van der Waals surface area contributed by atoms with Crippen LogP contribution in [0.2, 0.25) is 15.1 Å². The van der Waals surface area contributed by atoms with Crippen molar-refractivity contribution in [2.24, 2.45) is 0 Å². The van der Waals surface area contributed by atoms with Gasteiger partial charge in [-0.3, -0.25) is 10.1 Å². The standard InChI is InChI=1S/C19H9Cl3F3N5OS/c20-11-3-1-9(2-4-11)17(31)28-18(32)27-15-7-12(8-26)29-30(15)16-13(21)5-10(6-14(16)22)19(23,24)25/h1-7H,(H2,27,28,31,32). The van der Waals surface area contributed by atoms with Crippen LogP contribution < -0.4 is 10.6 Å². The van der Waals surface area contributed by atoms with Crippen LogP contribution in [0.5, 0.6) is 0 Å². The number of nitrogens with one attached hydrogen (secondary N) is 2. The first-order valence-corrected chi connectivity index (χ1v) is 9.98. The van der Waals surface area contributed by atoms with Crippen molar-refractivity contribution in [1.82, 2.24) is 15.1 Å². The number of hydrogen-bond acceptors (Lipinski definition) is 4. The summed E-state index contributed by atoms with van der Waals surface area (Å²) in [5.41, 5.74) is -0.994. The molecule has 3 rings (SSSR count). The second-order valence-electron chi connectivity index (χ2n) is 6.14. The van der Waals surface area contributed by atoms with E-state index in [1.807, 2.05) is 0 Å². The van der Waals surface area contributed by atoms with Crippen molar-refractivity contribution in [3.05, 3.63) is 74.4 Å². The number of thiocarbonyl (C=S) groups is 1. The molecule has 1 aromatic heterocycles. The Morgan fingerprint density at radius 1 is 1.09 bits per heavy atom. The summed E-state index contributed by atoms with van der Waals surface area (Å²) in [5.74, 6) is -0.511. The van der Waals surface area contributed by atoms with Gasteiger partial charge in [-0.2, -0.15) is 23.5 Å². The fourth-order valence-electron chi connectivity index (χ4n) is 2.55. The lowest BCUT2D eigenvalue weighted by molar-refractivity contribution is -0.137. The highest BCUT2D eigenvalue weighted by Crippen LogP contribution is 2.38. The van der Waals surface area contributed by atoms with E-state index in [9.17, 15) is 23.2 Å². The predicted octanol–water partition coefficient (Wildman–Crippen LogP) is 5.85. The summed E-state index contributed by atoms with van der Waals surface area (Å²) < 4.78 is 40.1. The lowest BCUT2D eigenvalue weighted by Crippen LogP contribution is -2.34. The van der Waals surface area contributed by atoms with Gasteiger partial charge >= 0.3 is 6.18 Å². The lowest BCUT2D eigenvalue weighted by atomic mass is 10.2. The van der Waals surface area contributed by atoms with E-state index in [-0.39, 0.29) is 37.9 Å². The van der Waals surface area contributed by atoms with Crippen molar-refractivity contribution >= 4 is 63.9 Å². The normalized spacial score (nSPS) is 11.0. The van der Waals surface area contributed by atoms with Crippen molar-refractivity contribution in [3.8, 4) is 11.8 Å². The quantitative estimate of drug-likeness (QED) is 0.425. The number of alkyl halides is 3. The maximum atomic E-state index is 13.0. The lowest BCUT2D eigenvalue weighted by Gasteiger charge is -2.15. The third-order valence-corrected chi connectivity index (χ3v) is 4.99. The van der Waals surface area contributed by atoms with Gasteiger partial charge in [0.25, 0.3) is 5.91 Å². The fourth-order valence-corrected chi connectivity index (χ4v) is 3.52. The van der Waals surface area contributed by atoms with Gasteiger partial charge < -0.3 is 5.32 Å². The van der Waals surface area contributed by atoms with Gasteiger partial charge in [0, 0.05) is 16.7 Å². The molecule has 0 unspecified atom stereocenters. The molecule has 0 aliphatic heterocycles. The second kappa shape index (κ2) is 9.34. The Morgan fingerprint density at radius 3 is 2.22 bits per heavy atom. The zero-order valence-electron chi connectivity index (χ0n) is 15.5. The van der Waals surface area contributed by atoms with E-state index in [4.69, 9.17) is 47.0 Å². The van der Waals surface area contributed by atoms with Gasteiger partial charge in [-0.05, 0) is 48.6 Å². The second-order valence-corrected chi connectivity index (χ2v) is 7.80. The number of carbonyl (C=O) groups is 1. The van der Waals surface area contributed by atoms with Crippen LogP contribution in [0.3, 0.4) is 0 Å². The number of hydrogen-bond donors (Lipinski definition) is 2. The smallest absolute Gasteiger partial charge is 0.317 e. The molecule has 0 saturated carbocycles. The van der Waals surface area contributed by atoms with E-state index in [1.165, 1.54) is 30.3 Å². The molecule has 0 spiro atoms. The highest BCUT2D eigenvalue weighted by Gasteiger charge is 2.32. The average Bonchev–Trinajstić information content (AvgIpc) is 3.09. The minimum absolute atomic E-state index is 0.0338. The summed E-state index contributed by atoms with van der Waals surface area (Å²) in [6, 6.07) is 10.4. The monoisotopic (exact) mass is 517 g/mol. The molecule has 1 amide bonds. The third-order valence-electron chi connectivity index (χ3n) is 3.96. The number of carbonyl (C=O) groups excluding carboxylic acids is 1. The van der Waals surface area contributed by atoms with Crippen molar-refractivity contribution < 1.29 is 18.0 Å². The Balaban J connectivity index is 1.91. The maximum absolute atomic E-state index is 13.0. The number of nitrogens with zero attached hydrogens (tertiary/aromatic N) is 3. The number of nitriles is 1. The molecule has 0 bridgehead atoms. The summed E-state index contributed by atoms with van der Waals surface area (Å²) in [6.45, 7) is 0. The van der Waals surface area contributed by atoms with Gasteiger partial charge in [0.05, 0.1) is 15.6 Å². The number of halogens is 6. The Bertz CT molecular complexity index is 1230. The molecular weight excluding hydrogens is 510 g/mol. The number of anilines is 1. The van der Waals surface area contributed by atoms with Crippen LogP contribution in [-0.2, 0) is 6.18 Å². The van der Waals surface area contributed by atoms with E-state index >= 15 is 0 Å². The molecule has 13 heteroatoms. The molecule has 6 nitrogen and oxygen atoms in total. The van der Waals surface area contributed by atoms with Gasteiger partial charge in [-0.25, -0.2) is 4.68 Å². The molecule has 0 atom stereocenters. The zero-order chi connectivity index (χ0) is 23.6. The van der Waals surface area contributed by atoms with Crippen LogP contribution in [-0.4, -0.2) is 20.8 Å². The first-order chi connectivity index (χ1) is 15.0. The predicted molar refractivity (Wildman–Crippen MR) is 118 cm³/mol. The molecule has 0 radical (unpaired) electrons. The first-order valence-electron chi connectivity index (χ1n) is 8.44. The molecule has 2 aromatic carbocycles. The molecule has 0 fully saturated rings. The van der Waals surface area contributed by atoms with Crippen molar-refractivity contribution in [1.29, 1.82) is 5.26 Å². The third kappa shape index (κ3) is 5.31. The van der Waals surface area contributed by atoms with Gasteiger partial charge in [0.2, 0.25) is 0 Å². The summed E-state index contributed by atoms with van der Waals surface area (Å²) in [4.78, 5) is 12.3. The zero-order valence-corrected chi connectivity index (χ0v) is 18.6. The van der Waals surface area contributed by atoms with Crippen molar-refractivity contribution in [2.75, 3.05) is 5.32 Å². The van der Waals surface area contributed by atoms with E-state index in [1.54, 1.807) is 6.07 Å². The summed E-state index contributed by atoms with van der Waals surface area (Å²) in [5, 5.41) is 17.8. The van der Waals surface area contributed by atoms with E-state index in [0.29, 0.717) is 17.2 Å². The van der Waals surface area contributed by atoms with Gasteiger partial charge in [-0.1, -0.05) is 34.8 Å². The molecule has 0 saturated heterocycles. The molecule has 0 aliphatic rings. The van der Waals surface area contributed by atoms with Gasteiger partial charge in [0.15, 0.2) is 10.8 Å². The Morgan fingerprint density at radius 2 is 1.69 bits per heavy atom. The molecular formula is C19H9Cl3F3N5OS. The largest absolute Gasteiger partial charge is 0.416 e. The van der Waals surface area contributed by atoms with Crippen LogP contribution in [0, 0.1) is 11.3 Å². The van der Waals surface area contributed by atoms with Crippen LogP contribution in [0.15, 0.2) is 42.5 Å². The number of amides is 1. The average molecular weight is 519 g/mol. The highest BCUT2D eigenvalue weighted by atomic mass is 35.5. The molecule has 0 aliphatic carbocycles. The Hall–Kier alpha value is -2.84. The molecule has 3 aromatic rings. The van der Waals surface area contributed by atoms with Crippen LogP contribution in [0.4, 0.5) is 19.0 Å². The fraction of sp³-hybridized carbons (Fsp3) is 0.0526. The van der Waals surface area contributed by atoms with Crippen LogP contribution in [0.25, 0.3) is 5.69 Å². The van der Waals surface area contributed by atoms with Crippen LogP contribution in [0.1, 0.15) is 21.6 Å². The minimum atomic E-state index is -4.66. The Kier molecular flexibility index (Phi) is 6.95. The molecule has 32 heavy (non-hydrogen) atoms. The van der Waals surface area contributed by atoms with Gasteiger partial charge in [-0.15, -0.1) is 0 Å². The van der Waals surface area contributed by atoms with Crippen LogP contribution >= 0.6 is 47.0 Å². The van der Waals surface area contributed by atoms with E-state index < -0.39 is 17.6 Å². The van der Waals surface area contributed by atoms with E-state index in [0.717, 1.165) is 4.68 Å². The Labute approximate surface area is 199 Å². The maximum Gasteiger partial charge on any atom is 0.416 e.